The molecule has 0 unspecified atom stereocenters. The van der Waals surface area contributed by atoms with Crippen molar-refractivity contribution in [3.63, 3.8) is 0 Å². The van der Waals surface area contributed by atoms with Gasteiger partial charge in [0.1, 0.15) is 0 Å². The van der Waals surface area contributed by atoms with Crippen LogP contribution in [0.15, 0.2) is 42.5 Å². The molecule has 0 aliphatic carbocycles. The van der Waals surface area contributed by atoms with Crippen LogP contribution in [0.3, 0.4) is 0 Å². The molecule has 0 aromatic heterocycles. The number of carbonyl (C=O) groups is 1. The summed E-state index contributed by atoms with van der Waals surface area (Å²) in [6.45, 7) is 1.90. The van der Waals surface area contributed by atoms with Crippen LogP contribution in [0.2, 0.25) is 0 Å². The first-order valence-corrected chi connectivity index (χ1v) is 11.2. The fourth-order valence-corrected chi connectivity index (χ4v) is 4.66. The maximum absolute atomic E-state index is 12.5. The minimum atomic E-state index is -3.40. The number of ether oxygens (including phenoxy) is 3. The number of nitrogens with one attached hydrogen (secondary N) is 1. The van der Waals surface area contributed by atoms with Crippen molar-refractivity contribution in [2.24, 2.45) is 0 Å². The molecule has 0 radical (unpaired) electrons. The van der Waals surface area contributed by atoms with Gasteiger partial charge in [-0.2, -0.15) is 4.31 Å². The quantitative estimate of drug-likeness (QED) is 0.681. The van der Waals surface area contributed by atoms with Crippen LogP contribution >= 0.6 is 0 Å². The Hall–Kier alpha value is -2.62. The van der Waals surface area contributed by atoms with Crippen LogP contribution in [0.1, 0.15) is 21.5 Å². The Morgan fingerprint density at radius 2 is 1.63 bits per heavy atom. The second-order valence-electron chi connectivity index (χ2n) is 6.84. The van der Waals surface area contributed by atoms with Crippen molar-refractivity contribution in [2.45, 2.75) is 12.3 Å². The van der Waals surface area contributed by atoms with Crippen molar-refractivity contribution in [3.05, 3.63) is 59.2 Å². The molecule has 162 valence electrons. The molecule has 1 fully saturated rings. The molecule has 1 aliphatic heterocycles. The van der Waals surface area contributed by atoms with Crippen LogP contribution in [0.5, 0.6) is 11.5 Å². The van der Waals surface area contributed by atoms with E-state index >= 15 is 0 Å². The summed E-state index contributed by atoms with van der Waals surface area (Å²) in [4.78, 5) is 12.4. The molecule has 2 aromatic carbocycles. The third-order valence-corrected chi connectivity index (χ3v) is 6.68. The van der Waals surface area contributed by atoms with Crippen LogP contribution in [-0.2, 0) is 27.1 Å². The molecular weight excluding hydrogens is 408 g/mol. The molecule has 0 spiro atoms. The number of amides is 1. The zero-order valence-corrected chi connectivity index (χ0v) is 17.9. The van der Waals surface area contributed by atoms with E-state index in [4.69, 9.17) is 14.2 Å². The first kappa shape index (κ1) is 22.1. The zero-order valence-electron chi connectivity index (χ0n) is 17.1. The van der Waals surface area contributed by atoms with Crippen LogP contribution in [0.25, 0.3) is 0 Å². The normalized spacial score (nSPS) is 14.9. The smallest absolute Gasteiger partial charge is 0.251 e. The van der Waals surface area contributed by atoms with Crippen LogP contribution < -0.4 is 14.8 Å². The lowest BCUT2D eigenvalue weighted by Crippen LogP contribution is -2.41. The highest BCUT2D eigenvalue weighted by Crippen LogP contribution is 2.27. The summed E-state index contributed by atoms with van der Waals surface area (Å²) in [5.41, 5.74) is 1.97. The summed E-state index contributed by atoms with van der Waals surface area (Å²) < 4.78 is 42.1. The summed E-state index contributed by atoms with van der Waals surface area (Å²) >= 11 is 0. The zero-order chi connectivity index (χ0) is 21.6. The number of carbonyl (C=O) groups excluding carboxylic acids is 1. The molecule has 1 amide bonds. The molecule has 0 atom stereocenters. The standard InChI is InChI=1S/C21H26N2O6S/c1-27-19-8-5-17(13-20(19)28-2)14-22-21(24)18-6-3-16(4-7-18)15-30(25,26)23-9-11-29-12-10-23/h3-8,13H,9-12,14-15H2,1-2H3,(H,22,24). The van der Waals surface area contributed by atoms with Gasteiger partial charge in [0.2, 0.25) is 10.0 Å². The second kappa shape index (κ2) is 9.92. The predicted octanol–water partition coefficient (Wildman–Crippen LogP) is 1.80. The highest BCUT2D eigenvalue weighted by molar-refractivity contribution is 7.88. The number of rotatable bonds is 8. The van der Waals surface area contributed by atoms with Crippen LogP contribution in [-0.4, -0.2) is 59.2 Å². The fraction of sp³-hybridized carbons (Fsp3) is 0.381. The van der Waals surface area contributed by atoms with Gasteiger partial charge < -0.3 is 19.5 Å². The van der Waals surface area contributed by atoms with E-state index in [1.54, 1.807) is 50.6 Å². The summed E-state index contributed by atoms with van der Waals surface area (Å²) in [6, 6.07) is 12.0. The number of hydrogen-bond donors (Lipinski definition) is 1. The molecule has 1 aliphatic rings. The summed E-state index contributed by atoms with van der Waals surface area (Å²) in [6.07, 6.45) is 0. The largest absolute Gasteiger partial charge is 0.493 e. The SMILES string of the molecule is COc1ccc(CNC(=O)c2ccc(CS(=O)(=O)N3CCOCC3)cc2)cc1OC. The predicted molar refractivity (Wildman–Crippen MR) is 112 cm³/mol. The van der Waals surface area contributed by atoms with Gasteiger partial charge in [0.05, 0.1) is 33.2 Å². The van der Waals surface area contributed by atoms with Gasteiger partial charge >= 0.3 is 0 Å². The van der Waals surface area contributed by atoms with Gasteiger partial charge in [0, 0.05) is 25.2 Å². The lowest BCUT2D eigenvalue weighted by atomic mass is 10.1. The molecule has 1 heterocycles. The van der Waals surface area contributed by atoms with E-state index in [1.165, 1.54) is 4.31 Å². The van der Waals surface area contributed by atoms with E-state index in [0.29, 0.717) is 55.5 Å². The van der Waals surface area contributed by atoms with Gasteiger partial charge in [-0.25, -0.2) is 8.42 Å². The van der Waals surface area contributed by atoms with Crippen LogP contribution in [0, 0.1) is 0 Å². The van der Waals surface area contributed by atoms with Crippen molar-refractivity contribution in [2.75, 3.05) is 40.5 Å². The van der Waals surface area contributed by atoms with Gasteiger partial charge in [-0.1, -0.05) is 18.2 Å². The van der Waals surface area contributed by atoms with E-state index in [-0.39, 0.29) is 11.7 Å². The summed E-state index contributed by atoms with van der Waals surface area (Å²) in [5.74, 6) is 0.873. The van der Waals surface area contributed by atoms with E-state index in [0.717, 1.165) is 5.56 Å². The van der Waals surface area contributed by atoms with Crippen molar-refractivity contribution in [1.82, 2.24) is 9.62 Å². The van der Waals surface area contributed by atoms with Gasteiger partial charge in [0.25, 0.3) is 5.91 Å². The Morgan fingerprint density at radius 1 is 1.00 bits per heavy atom. The third-order valence-electron chi connectivity index (χ3n) is 4.83. The molecule has 0 saturated carbocycles. The van der Waals surface area contributed by atoms with E-state index in [9.17, 15) is 13.2 Å². The first-order chi connectivity index (χ1) is 14.4. The monoisotopic (exact) mass is 434 g/mol. The molecule has 2 aromatic rings. The lowest BCUT2D eigenvalue weighted by Gasteiger charge is -2.26. The highest BCUT2D eigenvalue weighted by Gasteiger charge is 2.24. The Bertz CT molecular complexity index is 969. The minimum Gasteiger partial charge on any atom is -0.493 e. The molecular formula is C21H26N2O6S. The lowest BCUT2D eigenvalue weighted by molar-refractivity contribution is 0.0729. The average Bonchev–Trinajstić information content (AvgIpc) is 2.78. The Balaban J connectivity index is 1.58. The van der Waals surface area contributed by atoms with Gasteiger partial charge in [-0.05, 0) is 35.4 Å². The first-order valence-electron chi connectivity index (χ1n) is 9.56. The van der Waals surface area contributed by atoms with E-state index < -0.39 is 10.0 Å². The van der Waals surface area contributed by atoms with E-state index in [2.05, 4.69) is 5.32 Å². The topological polar surface area (TPSA) is 94.2 Å². The van der Waals surface area contributed by atoms with Gasteiger partial charge in [-0.3, -0.25) is 4.79 Å². The third kappa shape index (κ3) is 5.50. The molecule has 1 N–H and O–H groups in total. The van der Waals surface area contributed by atoms with Crippen LogP contribution in [0.4, 0.5) is 0 Å². The minimum absolute atomic E-state index is 0.0967. The average molecular weight is 435 g/mol. The molecule has 9 heteroatoms. The maximum Gasteiger partial charge on any atom is 0.251 e. The summed E-state index contributed by atoms with van der Waals surface area (Å²) in [7, 11) is -0.276. The molecule has 1 saturated heterocycles. The Morgan fingerprint density at radius 3 is 2.27 bits per heavy atom. The Labute approximate surface area is 176 Å². The number of morpholine rings is 1. The maximum atomic E-state index is 12.5. The molecule has 0 bridgehead atoms. The number of sulfonamides is 1. The van der Waals surface area contributed by atoms with Crippen molar-refractivity contribution in [3.8, 4) is 11.5 Å². The molecule has 3 rings (SSSR count). The Kier molecular flexibility index (Phi) is 7.30. The van der Waals surface area contributed by atoms with Crippen molar-refractivity contribution < 1.29 is 27.4 Å². The van der Waals surface area contributed by atoms with E-state index in [1.807, 2.05) is 6.07 Å². The van der Waals surface area contributed by atoms with Crippen molar-refractivity contribution >= 4 is 15.9 Å². The molecule has 8 nitrogen and oxygen atoms in total. The van der Waals surface area contributed by atoms with Gasteiger partial charge in [0.15, 0.2) is 11.5 Å². The molecule has 30 heavy (non-hydrogen) atoms. The summed E-state index contributed by atoms with van der Waals surface area (Å²) in [5, 5.41) is 2.85. The number of methoxy groups -OCH3 is 2. The van der Waals surface area contributed by atoms with Crippen molar-refractivity contribution in [1.29, 1.82) is 0 Å². The second-order valence-corrected chi connectivity index (χ2v) is 8.81. The van der Waals surface area contributed by atoms with Gasteiger partial charge in [-0.15, -0.1) is 0 Å². The number of hydrogen-bond acceptors (Lipinski definition) is 6. The number of nitrogens with zero attached hydrogens (tertiary/aromatic N) is 1. The highest BCUT2D eigenvalue weighted by atomic mass is 32.2. The fourth-order valence-electron chi connectivity index (χ4n) is 3.15. The number of benzene rings is 2.